The Morgan fingerprint density at radius 3 is 2.75 bits per heavy atom. The molecule has 1 aliphatic rings. The van der Waals surface area contributed by atoms with Gasteiger partial charge >= 0.3 is 0 Å². The Morgan fingerprint density at radius 2 is 2.12 bits per heavy atom. The van der Waals surface area contributed by atoms with Gasteiger partial charge in [-0.1, -0.05) is 37.3 Å². The summed E-state index contributed by atoms with van der Waals surface area (Å²) in [6.45, 7) is 1.99. The first-order valence-electron chi connectivity index (χ1n) is 5.28. The molecule has 2 unspecified atom stereocenters. The molecule has 2 N–H and O–H groups in total. The molecule has 1 heterocycles. The zero-order valence-electron chi connectivity index (χ0n) is 9.22. The predicted octanol–water partition coefficient (Wildman–Crippen LogP) is 1.63. The first-order valence-corrected chi connectivity index (χ1v) is 5.28. The molecule has 3 heteroatoms. The van der Waals surface area contributed by atoms with E-state index in [1.54, 1.807) is 6.26 Å². The van der Waals surface area contributed by atoms with E-state index in [-0.39, 0.29) is 5.41 Å². The lowest BCUT2D eigenvalue weighted by atomic mass is 9.79. The average molecular weight is 217 g/mol. The molecule has 0 radical (unpaired) electrons. The molecule has 2 atom stereocenters. The highest BCUT2D eigenvalue weighted by molar-refractivity contribution is 5.80. The molecule has 0 fully saturated rings. The van der Waals surface area contributed by atoms with Crippen LogP contribution in [0.2, 0.25) is 0 Å². The second kappa shape index (κ2) is 4.00. The molecule has 1 aromatic carbocycles. The Kier molecular flexibility index (Phi) is 2.69. The summed E-state index contributed by atoms with van der Waals surface area (Å²) in [6, 6.07) is 10.0. The van der Waals surface area contributed by atoms with Gasteiger partial charge in [-0.2, -0.15) is 0 Å². The smallest absolute Gasteiger partial charge is 0.259 e. The minimum absolute atomic E-state index is 0.340. The second-order valence-corrected chi connectivity index (χ2v) is 4.39. The lowest BCUT2D eigenvalue weighted by molar-refractivity contribution is -0.129. The van der Waals surface area contributed by atoms with Crippen LogP contribution in [-0.4, -0.2) is 12.0 Å². The molecule has 0 saturated heterocycles. The van der Waals surface area contributed by atoms with Gasteiger partial charge in [-0.05, 0) is 18.1 Å². The fraction of sp³-hybridized carbons (Fsp3) is 0.308. The molecule has 3 nitrogen and oxygen atoms in total. The standard InChI is InChI=1S/C13H15NO2/c1-13(7-8-16-11(13)12(14)15)9-10-5-3-2-4-6-10/h2-8,11H,9H2,1H3,(H2,14,15). The molecule has 0 aliphatic carbocycles. The van der Waals surface area contributed by atoms with Gasteiger partial charge in [-0.15, -0.1) is 0 Å². The zero-order valence-corrected chi connectivity index (χ0v) is 9.22. The normalized spacial score (nSPS) is 27.7. The molecule has 1 aliphatic heterocycles. The Morgan fingerprint density at radius 1 is 1.44 bits per heavy atom. The van der Waals surface area contributed by atoms with Crippen LogP contribution in [0.1, 0.15) is 12.5 Å². The van der Waals surface area contributed by atoms with Gasteiger partial charge in [0.25, 0.3) is 5.91 Å². The van der Waals surface area contributed by atoms with Crippen molar-refractivity contribution in [2.75, 3.05) is 0 Å². The maximum absolute atomic E-state index is 11.3. The number of benzene rings is 1. The SMILES string of the molecule is CC1(Cc2ccccc2)C=COC1C(N)=O. The number of hydrogen-bond acceptors (Lipinski definition) is 2. The third-order valence-electron chi connectivity index (χ3n) is 2.95. The van der Waals surface area contributed by atoms with E-state index in [1.807, 2.05) is 43.3 Å². The van der Waals surface area contributed by atoms with Crippen molar-refractivity contribution in [1.82, 2.24) is 0 Å². The minimum Gasteiger partial charge on any atom is -0.488 e. The molecule has 16 heavy (non-hydrogen) atoms. The fourth-order valence-corrected chi connectivity index (χ4v) is 2.10. The summed E-state index contributed by atoms with van der Waals surface area (Å²) < 4.78 is 5.25. The number of hydrogen-bond donors (Lipinski definition) is 1. The topological polar surface area (TPSA) is 52.3 Å². The number of primary amides is 1. The summed E-state index contributed by atoms with van der Waals surface area (Å²) in [5, 5.41) is 0. The number of carbonyl (C=O) groups excluding carboxylic acids is 1. The van der Waals surface area contributed by atoms with Crippen molar-refractivity contribution < 1.29 is 9.53 Å². The average Bonchev–Trinajstić information content (AvgIpc) is 2.61. The summed E-state index contributed by atoms with van der Waals surface area (Å²) >= 11 is 0. The highest BCUT2D eigenvalue weighted by Gasteiger charge is 2.40. The van der Waals surface area contributed by atoms with Crippen molar-refractivity contribution >= 4 is 5.91 Å². The number of amides is 1. The van der Waals surface area contributed by atoms with Gasteiger partial charge < -0.3 is 10.5 Å². The van der Waals surface area contributed by atoms with Gasteiger partial charge in [-0.25, -0.2) is 0 Å². The van der Waals surface area contributed by atoms with Gasteiger partial charge in [0, 0.05) is 5.41 Å². The molecule has 1 amide bonds. The molecule has 0 aromatic heterocycles. The van der Waals surface area contributed by atoms with Crippen LogP contribution in [0.5, 0.6) is 0 Å². The number of rotatable bonds is 3. The van der Waals surface area contributed by atoms with Crippen LogP contribution < -0.4 is 5.73 Å². The maximum atomic E-state index is 11.3. The van der Waals surface area contributed by atoms with E-state index in [0.717, 1.165) is 6.42 Å². The number of nitrogens with two attached hydrogens (primary N) is 1. The first-order chi connectivity index (χ1) is 7.62. The zero-order chi connectivity index (χ0) is 11.6. The summed E-state index contributed by atoms with van der Waals surface area (Å²) in [7, 11) is 0. The van der Waals surface area contributed by atoms with Crippen LogP contribution >= 0.6 is 0 Å². The van der Waals surface area contributed by atoms with Crippen molar-refractivity contribution in [2.24, 2.45) is 11.1 Å². The van der Waals surface area contributed by atoms with E-state index in [0.29, 0.717) is 0 Å². The molecule has 0 bridgehead atoms. The lowest BCUT2D eigenvalue weighted by Crippen LogP contribution is -2.41. The third-order valence-corrected chi connectivity index (χ3v) is 2.95. The molecule has 0 spiro atoms. The molecular weight excluding hydrogens is 202 g/mol. The molecule has 84 valence electrons. The van der Waals surface area contributed by atoms with Gasteiger partial charge in [0.2, 0.25) is 0 Å². The summed E-state index contributed by atoms with van der Waals surface area (Å²) in [5.41, 5.74) is 6.16. The highest BCUT2D eigenvalue weighted by atomic mass is 16.5. The lowest BCUT2D eigenvalue weighted by Gasteiger charge is -2.26. The first kappa shape index (κ1) is 10.7. The Balaban J connectivity index is 2.19. The third kappa shape index (κ3) is 1.94. The largest absolute Gasteiger partial charge is 0.488 e. The number of ether oxygens (including phenoxy) is 1. The van der Waals surface area contributed by atoms with Crippen LogP contribution in [0.3, 0.4) is 0 Å². The van der Waals surface area contributed by atoms with Crippen LogP contribution in [0.4, 0.5) is 0 Å². The van der Waals surface area contributed by atoms with E-state index in [9.17, 15) is 4.79 Å². The van der Waals surface area contributed by atoms with E-state index in [2.05, 4.69) is 0 Å². The fourth-order valence-electron chi connectivity index (χ4n) is 2.10. The molecular formula is C13H15NO2. The Bertz CT molecular complexity index is 413. The highest BCUT2D eigenvalue weighted by Crippen LogP contribution is 2.35. The van der Waals surface area contributed by atoms with Crippen molar-refractivity contribution in [3.8, 4) is 0 Å². The maximum Gasteiger partial charge on any atom is 0.259 e. The van der Waals surface area contributed by atoms with Crippen LogP contribution in [0.25, 0.3) is 0 Å². The van der Waals surface area contributed by atoms with Gasteiger partial charge in [0.15, 0.2) is 6.10 Å². The van der Waals surface area contributed by atoms with Crippen molar-refractivity contribution in [1.29, 1.82) is 0 Å². The summed E-state index contributed by atoms with van der Waals surface area (Å²) in [5.74, 6) is -0.413. The summed E-state index contributed by atoms with van der Waals surface area (Å²) in [6.07, 6.45) is 3.67. The van der Waals surface area contributed by atoms with Crippen LogP contribution in [0, 0.1) is 5.41 Å². The van der Waals surface area contributed by atoms with E-state index in [4.69, 9.17) is 10.5 Å². The van der Waals surface area contributed by atoms with Crippen LogP contribution in [-0.2, 0) is 16.0 Å². The molecule has 0 saturated carbocycles. The van der Waals surface area contributed by atoms with Crippen LogP contribution in [0.15, 0.2) is 42.7 Å². The van der Waals surface area contributed by atoms with Gasteiger partial charge in [0.05, 0.1) is 6.26 Å². The molecule has 1 aromatic rings. The Labute approximate surface area is 94.9 Å². The minimum atomic E-state index is -0.562. The van der Waals surface area contributed by atoms with E-state index >= 15 is 0 Å². The Hall–Kier alpha value is -1.77. The molecule has 2 rings (SSSR count). The second-order valence-electron chi connectivity index (χ2n) is 4.39. The van der Waals surface area contributed by atoms with E-state index in [1.165, 1.54) is 5.56 Å². The quantitative estimate of drug-likeness (QED) is 0.836. The van der Waals surface area contributed by atoms with Crippen molar-refractivity contribution in [3.63, 3.8) is 0 Å². The van der Waals surface area contributed by atoms with Crippen molar-refractivity contribution in [3.05, 3.63) is 48.2 Å². The van der Waals surface area contributed by atoms with Crippen molar-refractivity contribution in [2.45, 2.75) is 19.4 Å². The summed E-state index contributed by atoms with van der Waals surface area (Å²) in [4.78, 5) is 11.3. The number of carbonyl (C=O) groups is 1. The van der Waals surface area contributed by atoms with Gasteiger partial charge in [-0.3, -0.25) is 4.79 Å². The monoisotopic (exact) mass is 217 g/mol. The van der Waals surface area contributed by atoms with E-state index < -0.39 is 12.0 Å². The van der Waals surface area contributed by atoms with Gasteiger partial charge in [0.1, 0.15) is 0 Å². The predicted molar refractivity (Wildman–Crippen MR) is 61.5 cm³/mol.